The van der Waals surface area contributed by atoms with E-state index in [1.54, 1.807) is 24.3 Å². The molecule has 0 atom stereocenters. The Morgan fingerprint density at radius 2 is 2.00 bits per heavy atom. The highest BCUT2D eigenvalue weighted by molar-refractivity contribution is 5.87. The van der Waals surface area contributed by atoms with Gasteiger partial charge in [-0.25, -0.2) is 4.79 Å². The number of rotatable bonds is 7. The van der Waals surface area contributed by atoms with Crippen LogP contribution in [-0.4, -0.2) is 42.7 Å². The number of carboxylic acid groups (broad SMARTS) is 1. The minimum atomic E-state index is -0.916. The molecule has 0 aliphatic heterocycles. The third-order valence-electron chi connectivity index (χ3n) is 2.59. The van der Waals surface area contributed by atoms with Gasteiger partial charge in [0, 0.05) is 6.54 Å². The van der Waals surface area contributed by atoms with E-state index in [1.165, 1.54) is 0 Å². The zero-order valence-electron chi connectivity index (χ0n) is 10.3. The fourth-order valence-corrected chi connectivity index (χ4v) is 1.38. The summed E-state index contributed by atoms with van der Waals surface area (Å²) in [4.78, 5) is 12.9. The third-order valence-corrected chi connectivity index (χ3v) is 2.59. The molecule has 4 heteroatoms. The van der Waals surface area contributed by atoms with Crippen LogP contribution >= 0.6 is 0 Å². The van der Waals surface area contributed by atoms with Gasteiger partial charge in [0.05, 0.1) is 12.2 Å². The Kier molecular flexibility index (Phi) is 5.49. The average Bonchev–Trinajstić information content (AvgIpc) is 2.34. The van der Waals surface area contributed by atoms with Crippen LogP contribution in [-0.2, 0) is 0 Å². The number of ether oxygens (including phenoxy) is 1. The van der Waals surface area contributed by atoms with Crippen LogP contribution < -0.4 is 4.74 Å². The highest BCUT2D eigenvalue weighted by Crippen LogP contribution is 2.12. The molecule has 0 aliphatic carbocycles. The molecule has 0 bridgehead atoms. The van der Waals surface area contributed by atoms with Gasteiger partial charge >= 0.3 is 5.97 Å². The Morgan fingerprint density at radius 1 is 1.35 bits per heavy atom. The molecule has 1 N–H and O–H groups in total. The van der Waals surface area contributed by atoms with Crippen LogP contribution in [0.1, 0.15) is 23.7 Å². The van der Waals surface area contributed by atoms with Crippen molar-refractivity contribution in [2.45, 2.75) is 13.3 Å². The molecule has 0 amide bonds. The van der Waals surface area contributed by atoms with Gasteiger partial charge in [0.25, 0.3) is 0 Å². The van der Waals surface area contributed by atoms with Gasteiger partial charge in [0.15, 0.2) is 0 Å². The van der Waals surface area contributed by atoms with Crippen LogP contribution in [0, 0.1) is 0 Å². The van der Waals surface area contributed by atoms with E-state index >= 15 is 0 Å². The topological polar surface area (TPSA) is 49.8 Å². The maximum absolute atomic E-state index is 10.6. The van der Waals surface area contributed by atoms with E-state index in [1.807, 2.05) is 0 Å². The van der Waals surface area contributed by atoms with E-state index in [4.69, 9.17) is 9.84 Å². The lowest BCUT2D eigenvalue weighted by Gasteiger charge is -2.13. The quantitative estimate of drug-likeness (QED) is 0.738. The number of nitrogens with zero attached hydrogens (tertiary/aromatic N) is 1. The molecule has 1 aromatic rings. The number of aromatic carboxylic acids is 1. The molecule has 0 aliphatic rings. The molecule has 1 rings (SSSR count). The first-order chi connectivity index (χ1) is 8.13. The summed E-state index contributed by atoms with van der Waals surface area (Å²) < 4.78 is 5.52. The van der Waals surface area contributed by atoms with E-state index < -0.39 is 5.97 Å². The minimum Gasteiger partial charge on any atom is -0.494 e. The lowest BCUT2D eigenvalue weighted by atomic mass is 10.2. The predicted octanol–water partition coefficient (Wildman–Crippen LogP) is 2.11. The fourth-order valence-electron chi connectivity index (χ4n) is 1.38. The second-order valence-corrected chi connectivity index (χ2v) is 3.93. The van der Waals surface area contributed by atoms with Crippen molar-refractivity contribution >= 4 is 5.97 Å². The molecule has 0 unspecified atom stereocenters. The maximum atomic E-state index is 10.6. The van der Waals surface area contributed by atoms with E-state index in [0.29, 0.717) is 12.4 Å². The molecule has 0 saturated heterocycles. The normalized spacial score (nSPS) is 10.5. The van der Waals surface area contributed by atoms with Crippen molar-refractivity contribution in [3.8, 4) is 5.75 Å². The summed E-state index contributed by atoms with van der Waals surface area (Å²) in [5.41, 5.74) is 0.281. The largest absolute Gasteiger partial charge is 0.494 e. The van der Waals surface area contributed by atoms with Crippen LogP contribution in [0.4, 0.5) is 0 Å². The number of hydrogen-bond donors (Lipinski definition) is 1. The van der Waals surface area contributed by atoms with Gasteiger partial charge < -0.3 is 14.7 Å². The molecule has 0 heterocycles. The van der Waals surface area contributed by atoms with E-state index in [-0.39, 0.29) is 5.56 Å². The Balaban J connectivity index is 2.30. The Morgan fingerprint density at radius 3 is 2.53 bits per heavy atom. The smallest absolute Gasteiger partial charge is 0.335 e. The molecule has 0 aromatic heterocycles. The van der Waals surface area contributed by atoms with Crippen LogP contribution in [0.15, 0.2) is 24.3 Å². The van der Waals surface area contributed by atoms with Crippen molar-refractivity contribution in [2.75, 3.05) is 26.7 Å². The molecule has 0 fully saturated rings. The molecule has 17 heavy (non-hydrogen) atoms. The first-order valence-electron chi connectivity index (χ1n) is 5.78. The SMILES string of the molecule is CCN(C)CCCOc1ccc(C(=O)O)cc1. The molecular weight excluding hydrogens is 218 g/mol. The molecule has 0 radical (unpaired) electrons. The van der Waals surface area contributed by atoms with Crippen LogP contribution in [0.25, 0.3) is 0 Å². The summed E-state index contributed by atoms with van der Waals surface area (Å²) in [5.74, 6) is -0.199. The Bertz CT molecular complexity index is 348. The predicted molar refractivity (Wildman–Crippen MR) is 66.7 cm³/mol. The van der Waals surface area contributed by atoms with Gasteiger partial charge in [-0.1, -0.05) is 6.92 Å². The van der Waals surface area contributed by atoms with Crippen molar-refractivity contribution in [3.63, 3.8) is 0 Å². The van der Waals surface area contributed by atoms with Crippen LogP contribution in [0.3, 0.4) is 0 Å². The fraction of sp³-hybridized carbons (Fsp3) is 0.462. The zero-order chi connectivity index (χ0) is 12.7. The molecule has 94 valence electrons. The zero-order valence-corrected chi connectivity index (χ0v) is 10.3. The summed E-state index contributed by atoms with van der Waals surface area (Å²) in [6.45, 7) is 4.80. The summed E-state index contributed by atoms with van der Waals surface area (Å²) in [6.07, 6.45) is 0.963. The van der Waals surface area contributed by atoms with Crippen molar-refractivity contribution in [3.05, 3.63) is 29.8 Å². The summed E-state index contributed by atoms with van der Waals surface area (Å²) in [7, 11) is 2.07. The standard InChI is InChI=1S/C13H19NO3/c1-3-14(2)9-4-10-17-12-7-5-11(6-8-12)13(15)16/h5-8H,3-4,9-10H2,1-2H3,(H,15,16). The summed E-state index contributed by atoms with van der Waals surface area (Å²) in [5, 5.41) is 8.73. The van der Waals surface area contributed by atoms with E-state index in [0.717, 1.165) is 19.5 Å². The summed E-state index contributed by atoms with van der Waals surface area (Å²) >= 11 is 0. The molecule has 4 nitrogen and oxygen atoms in total. The van der Waals surface area contributed by atoms with Gasteiger partial charge in [-0.15, -0.1) is 0 Å². The Hall–Kier alpha value is -1.55. The minimum absolute atomic E-state index is 0.281. The van der Waals surface area contributed by atoms with E-state index in [2.05, 4.69) is 18.9 Å². The first kappa shape index (κ1) is 13.5. The lowest BCUT2D eigenvalue weighted by molar-refractivity contribution is 0.0697. The van der Waals surface area contributed by atoms with Crippen LogP contribution in [0.2, 0.25) is 0 Å². The van der Waals surface area contributed by atoms with Gasteiger partial charge in [-0.2, -0.15) is 0 Å². The Labute approximate surface area is 102 Å². The van der Waals surface area contributed by atoms with E-state index in [9.17, 15) is 4.79 Å². The van der Waals surface area contributed by atoms with Gasteiger partial charge in [-0.05, 0) is 44.3 Å². The summed E-state index contributed by atoms with van der Waals surface area (Å²) in [6, 6.07) is 6.48. The monoisotopic (exact) mass is 237 g/mol. The second kappa shape index (κ2) is 6.91. The number of benzene rings is 1. The highest BCUT2D eigenvalue weighted by atomic mass is 16.5. The molecular formula is C13H19NO3. The molecule has 0 spiro atoms. The lowest BCUT2D eigenvalue weighted by Crippen LogP contribution is -2.20. The second-order valence-electron chi connectivity index (χ2n) is 3.93. The molecule has 0 saturated carbocycles. The van der Waals surface area contributed by atoms with Gasteiger partial charge in [0.1, 0.15) is 5.75 Å². The van der Waals surface area contributed by atoms with Gasteiger partial charge in [-0.3, -0.25) is 0 Å². The van der Waals surface area contributed by atoms with Gasteiger partial charge in [0.2, 0.25) is 0 Å². The van der Waals surface area contributed by atoms with Crippen molar-refractivity contribution < 1.29 is 14.6 Å². The number of hydrogen-bond acceptors (Lipinski definition) is 3. The highest BCUT2D eigenvalue weighted by Gasteiger charge is 2.02. The van der Waals surface area contributed by atoms with Crippen molar-refractivity contribution in [1.82, 2.24) is 4.90 Å². The van der Waals surface area contributed by atoms with Crippen LogP contribution in [0.5, 0.6) is 5.75 Å². The molecule has 1 aromatic carbocycles. The van der Waals surface area contributed by atoms with Crippen molar-refractivity contribution in [2.24, 2.45) is 0 Å². The maximum Gasteiger partial charge on any atom is 0.335 e. The first-order valence-corrected chi connectivity index (χ1v) is 5.78. The van der Waals surface area contributed by atoms with Crippen molar-refractivity contribution in [1.29, 1.82) is 0 Å². The number of carbonyl (C=O) groups is 1. The number of carboxylic acids is 1. The third kappa shape index (κ3) is 4.87. The average molecular weight is 237 g/mol.